The molecule has 0 amide bonds. The molecule has 3 heteroatoms. The Morgan fingerprint density at radius 3 is 3.05 bits per heavy atom. The Morgan fingerprint density at radius 2 is 2.26 bits per heavy atom. The molecule has 0 N–H and O–H groups in total. The monoisotopic (exact) mass is 278 g/mol. The molecule has 19 heavy (non-hydrogen) atoms. The molecule has 0 radical (unpaired) electrons. The summed E-state index contributed by atoms with van der Waals surface area (Å²) in [6, 6.07) is 5.38. The van der Waals surface area contributed by atoms with Crippen molar-refractivity contribution in [2.45, 2.75) is 51.0 Å². The minimum atomic E-state index is -0.259. The van der Waals surface area contributed by atoms with Gasteiger partial charge in [-0.1, -0.05) is 24.9 Å². The van der Waals surface area contributed by atoms with Gasteiger partial charge in [-0.05, 0) is 49.8 Å². The number of fused-ring (bicyclic) bond motifs is 1. The van der Waals surface area contributed by atoms with Crippen LogP contribution in [0.15, 0.2) is 18.2 Å². The molecule has 2 atom stereocenters. The highest BCUT2D eigenvalue weighted by atomic mass is 35.5. The van der Waals surface area contributed by atoms with Crippen LogP contribution < -0.4 is 4.74 Å². The zero-order valence-electron chi connectivity index (χ0n) is 11.2. The number of ether oxygens (including phenoxy) is 1. The lowest BCUT2D eigenvalue weighted by Gasteiger charge is -2.46. The van der Waals surface area contributed by atoms with Crippen molar-refractivity contribution in [1.82, 2.24) is 0 Å². The summed E-state index contributed by atoms with van der Waals surface area (Å²) in [5.74, 6) is 1.40. The Kier molecular flexibility index (Phi) is 3.30. The Balaban J connectivity index is 1.99. The van der Waals surface area contributed by atoms with Crippen LogP contribution in [0.2, 0.25) is 5.02 Å². The number of hydrogen-bond donors (Lipinski definition) is 0. The second kappa shape index (κ2) is 4.82. The maximum atomic E-state index is 12.4. The molecule has 102 valence electrons. The van der Waals surface area contributed by atoms with E-state index < -0.39 is 0 Å². The summed E-state index contributed by atoms with van der Waals surface area (Å²) in [6.07, 6.45) is 6.18. The first-order valence-corrected chi connectivity index (χ1v) is 7.54. The SMILES string of the molecule is CCC1CCCCC12CC(=O)c1cc(Cl)ccc1O2. The number of hydrogen-bond acceptors (Lipinski definition) is 2. The van der Waals surface area contributed by atoms with Crippen molar-refractivity contribution < 1.29 is 9.53 Å². The lowest BCUT2D eigenvalue weighted by atomic mass is 9.70. The topological polar surface area (TPSA) is 26.3 Å². The highest BCUT2D eigenvalue weighted by molar-refractivity contribution is 6.31. The van der Waals surface area contributed by atoms with E-state index in [0.717, 1.165) is 25.0 Å². The van der Waals surface area contributed by atoms with Crippen molar-refractivity contribution in [1.29, 1.82) is 0 Å². The zero-order valence-corrected chi connectivity index (χ0v) is 12.0. The minimum Gasteiger partial charge on any atom is -0.486 e. The number of ketones is 1. The van der Waals surface area contributed by atoms with Gasteiger partial charge in [0.15, 0.2) is 5.78 Å². The zero-order chi connectivity index (χ0) is 13.5. The second-order valence-corrected chi connectivity index (χ2v) is 6.19. The number of Topliss-reactive ketones (excluding diaryl/α,β-unsaturated/α-hetero) is 1. The van der Waals surface area contributed by atoms with E-state index in [4.69, 9.17) is 16.3 Å². The average molecular weight is 279 g/mol. The van der Waals surface area contributed by atoms with Crippen molar-refractivity contribution in [3.63, 3.8) is 0 Å². The summed E-state index contributed by atoms with van der Waals surface area (Å²) in [6.45, 7) is 2.20. The maximum Gasteiger partial charge on any atom is 0.170 e. The van der Waals surface area contributed by atoms with Gasteiger partial charge < -0.3 is 4.74 Å². The first-order valence-electron chi connectivity index (χ1n) is 7.16. The number of carbonyl (C=O) groups is 1. The van der Waals surface area contributed by atoms with E-state index in [1.807, 2.05) is 6.07 Å². The van der Waals surface area contributed by atoms with Crippen molar-refractivity contribution in [2.75, 3.05) is 0 Å². The fraction of sp³-hybridized carbons (Fsp3) is 0.562. The van der Waals surface area contributed by atoms with Crippen LogP contribution in [0.25, 0.3) is 0 Å². The summed E-state index contributed by atoms with van der Waals surface area (Å²) in [4.78, 5) is 12.4. The van der Waals surface area contributed by atoms with Crippen LogP contribution in [-0.4, -0.2) is 11.4 Å². The molecular formula is C16H19ClO2. The quantitative estimate of drug-likeness (QED) is 0.748. The molecule has 2 nitrogen and oxygen atoms in total. The molecule has 1 aliphatic carbocycles. The van der Waals surface area contributed by atoms with Crippen LogP contribution in [0.1, 0.15) is 55.8 Å². The van der Waals surface area contributed by atoms with Gasteiger partial charge >= 0.3 is 0 Å². The predicted molar refractivity (Wildman–Crippen MR) is 76.0 cm³/mol. The molecular weight excluding hydrogens is 260 g/mol. The van der Waals surface area contributed by atoms with Crippen LogP contribution in [0.5, 0.6) is 5.75 Å². The van der Waals surface area contributed by atoms with Gasteiger partial charge in [-0.2, -0.15) is 0 Å². The molecule has 1 aliphatic heterocycles. The number of rotatable bonds is 1. The van der Waals surface area contributed by atoms with Gasteiger partial charge in [-0.3, -0.25) is 4.79 Å². The summed E-state index contributed by atoms with van der Waals surface area (Å²) in [5.41, 5.74) is 0.392. The van der Waals surface area contributed by atoms with E-state index in [1.54, 1.807) is 12.1 Å². The van der Waals surface area contributed by atoms with Crippen molar-refractivity contribution in [3.05, 3.63) is 28.8 Å². The Hall–Kier alpha value is -1.02. The fourth-order valence-electron chi connectivity index (χ4n) is 3.66. The van der Waals surface area contributed by atoms with Crippen molar-refractivity contribution in [3.8, 4) is 5.75 Å². The number of halogens is 1. The van der Waals surface area contributed by atoms with Crippen LogP contribution >= 0.6 is 11.6 Å². The average Bonchev–Trinajstić information content (AvgIpc) is 2.40. The number of benzene rings is 1. The highest BCUT2D eigenvalue weighted by Gasteiger charge is 2.46. The first kappa shape index (κ1) is 13.0. The standard InChI is InChI=1S/C16H19ClO2/c1-2-11-5-3-4-8-16(11)10-14(18)13-9-12(17)6-7-15(13)19-16/h6-7,9,11H,2-5,8,10H2,1H3. The molecule has 0 bridgehead atoms. The van der Waals surface area contributed by atoms with E-state index in [1.165, 1.54) is 12.8 Å². The molecule has 1 heterocycles. The van der Waals surface area contributed by atoms with Gasteiger partial charge in [0.1, 0.15) is 11.4 Å². The van der Waals surface area contributed by atoms with E-state index >= 15 is 0 Å². The normalized spacial score (nSPS) is 30.0. The third kappa shape index (κ3) is 2.16. The van der Waals surface area contributed by atoms with E-state index in [2.05, 4.69) is 6.92 Å². The molecule has 1 saturated carbocycles. The summed E-state index contributed by atoms with van der Waals surface area (Å²) >= 11 is 5.97. The third-order valence-electron chi connectivity index (χ3n) is 4.65. The number of carbonyl (C=O) groups excluding carboxylic acids is 1. The summed E-state index contributed by atoms with van der Waals surface area (Å²) in [5, 5.41) is 0.599. The van der Waals surface area contributed by atoms with Crippen LogP contribution in [0, 0.1) is 5.92 Å². The Labute approximate surface area is 119 Å². The van der Waals surface area contributed by atoms with Gasteiger partial charge in [-0.25, -0.2) is 0 Å². The highest BCUT2D eigenvalue weighted by Crippen LogP contribution is 2.46. The van der Waals surface area contributed by atoms with Crippen LogP contribution in [-0.2, 0) is 0 Å². The van der Waals surface area contributed by atoms with Crippen LogP contribution in [0.4, 0.5) is 0 Å². The van der Waals surface area contributed by atoms with Crippen LogP contribution in [0.3, 0.4) is 0 Å². The molecule has 1 spiro atoms. The minimum absolute atomic E-state index is 0.184. The molecule has 0 saturated heterocycles. The van der Waals surface area contributed by atoms with Gasteiger partial charge in [0.2, 0.25) is 0 Å². The van der Waals surface area contributed by atoms with E-state index in [-0.39, 0.29) is 11.4 Å². The maximum absolute atomic E-state index is 12.4. The van der Waals surface area contributed by atoms with Gasteiger partial charge in [0, 0.05) is 5.02 Å². The molecule has 0 aromatic heterocycles. The Bertz CT molecular complexity index is 511. The molecule has 1 aromatic carbocycles. The Morgan fingerprint density at radius 1 is 1.42 bits per heavy atom. The molecule has 1 aromatic rings. The smallest absolute Gasteiger partial charge is 0.170 e. The lowest BCUT2D eigenvalue weighted by Crippen LogP contribution is -2.49. The largest absolute Gasteiger partial charge is 0.486 e. The molecule has 1 fully saturated rings. The van der Waals surface area contributed by atoms with Gasteiger partial charge in [0.25, 0.3) is 0 Å². The lowest BCUT2D eigenvalue weighted by molar-refractivity contribution is -0.0339. The molecule has 3 rings (SSSR count). The summed E-state index contributed by atoms with van der Waals surface area (Å²) < 4.78 is 6.31. The molecule has 2 aliphatic rings. The molecule has 2 unspecified atom stereocenters. The van der Waals surface area contributed by atoms with Crippen molar-refractivity contribution in [2.24, 2.45) is 5.92 Å². The van der Waals surface area contributed by atoms with Crippen molar-refractivity contribution >= 4 is 17.4 Å². The van der Waals surface area contributed by atoms with Gasteiger partial charge in [0.05, 0.1) is 12.0 Å². The first-order chi connectivity index (χ1) is 9.14. The predicted octanol–water partition coefficient (Wildman–Crippen LogP) is 4.64. The van der Waals surface area contributed by atoms with Gasteiger partial charge in [-0.15, -0.1) is 0 Å². The summed E-state index contributed by atoms with van der Waals surface area (Å²) in [7, 11) is 0. The van der Waals surface area contributed by atoms with E-state index in [0.29, 0.717) is 22.9 Å². The third-order valence-corrected chi connectivity index (χ3v) is 4.89. The second-order valence-electron chi connectivity index (χ2n) is 5.76. The van der Waals surface area contributed by atoms with E-state index in [9.17, 15) is 4.79 Å². The fourth-order valence-corrected chi connectivity index (χ4v) is 3.83.